The molecule has 2 aromatic rings. The lowest BCUT2D eigenvalue weighted by Gasteiger charge is -2.23. The van der Waals surface area contributed by atoms with Gasteiger partial charge in [-0.1, -0.05) is 51.8 Å². The molecule has 0 radical (unpaired) electrons. The van der Waals surface area contributed by atoms with Crippen molar-refractivity contribution in [2.75, 3.05) is 24.6 Å². The van der Waals surface area contributed by atoms with Crippen LogP contribution in [0.15, 0.2) is 42.9 Å². The first-order valence-corrected chi connectivity index (χ1v) is 9.15. The van der Waals surface area contributed by atoms with Gasteiger partial charge >= 0.3 is 0 Å². The number of benzene rings is 1. The number of hydrogen-bond acceptors (Lipinski definition) is 4. The fourth-order valence-electron chi connectivity index (χ4n) is 2.14. The lowest BCUT2D eigenvalue weighted by atomic mass is 10.1. The van der Waals surface area contributed by atoms with Crippen molar-refractivity contribution in [2.45, 2.75) is 40.0 Å². The molecule has 0 spiro atoms. The van der Waals surface area contributed by atoms with Gasteiger partial charge in [-0.2, -0.15) is 0 Å². The van der Waals surface area contributed by atoms with Crippen molar-refractivity contribution in [2.24, 2.45) is 0 Å². The van der Waals surface area contributed by atoms with E-state index in [9.17, 15) is 0 Å². The van der Waals surface area contributed by atoms with Gasteiger partial charge in [0.15, 0.2) is 0 Å². The summed E-state index contributed by atoms with van der Waals surface area (Å²) in [6.07, 6.45) is 11.0. The largest absolute Gasteiger partial charge is 0.395 e. The molecule has 0 fully saturated rings. The Labute approximate surface area is 152 Å². The Bertz CT molecular complexity index is 574. The fraction of sp³-hybridized carbons (Fsp3) is 0.429. The summed E-state index contributed by atoms with van der Waals surface area (Å²) in [4.78, 5) is 10.2. The smallest absolute Gasteiger partial charge is 0.115 e. The molecule has 4 heteroatoms. The van der Waals surface area contributed by atoms with E-state index in [-0.39, 0.29) is 6.61 Å². The molecule has 0 saturated carbocycles. The average molecular weight is 341 g/mol. The Morgan fingerprint density at radius 3 is 2.16 bits per heavy atom. The molecule has 2 rings (SSSR count). The number of aromatic nitrogens is 2. The van der Waals surface area contributed by atoms with Crippen LogP contribution in [0, 0.1) is 0 Å². The summed E-state index contributed by atoms with van der Waals surface area (Å²) in [5, 5.41) is 9.12. The third-order valence-corrected chi connectivity index (χ3v) is 3.67. The molecule has 0 bridgehead atoms. The first kappa shape index (κ1) is 20.8. The van der Waals surface area contributed by atoms with E-state index in [2.05, 4.69) is 59.9 Å². The molecule has 0 atom stereocenters. The van der Waals surface area contributed by atoms with Crippen LogP contribution in [0.2, 0.25) is 0 Å². The zero-order valence-corrected chi connectivity index (χ0v) is 15.7. The SMILES string of the molecule is CCCC.CCCN(CCO)c1ccc(/C=C/c2ccncn2)cc1. The van der Waals surface area contributed by atoms with Crippen molar-refractivity contribution in [3.63, 3.8) is 0 Å². The summed E-state index contributed by atoms with van der Waals surface area (Å²) >= 11 is 0. The fourth-order valence-corrected chi connectivity index (χ4v) is 2.14. The Morgan fingerprint density at radius 1 is 0.920 bits per heavy atom. The summed E-state index contributed by atoms with van der Waals surface area (Å²) in [5.74, 6) is 0. The van der Waals surface area contributed by atoms with Gasteiger partial charge in [0.25, 0.3) is 0 Å². The summed E-state index contributed by atoms with van der Waals surface area (Å²) in [6, 6.07) is 10.2. The van der Waals surface area contributed by atoms with Gasteiger partial charge in [0.2, 0.25) is 0 Å². The molecule has 0 aliphatic carbocycles. The van der Waals surface area contributed by atoms with Crippen LogP contribution in [-0.2, 0) is 0 Å². The molecule has 1 aromatic heterocycles. The second-order valence-corrected chi connectivity index (χ2v) is 5.77. The number of aliphatic hydroxyl groups excluding tert-OH is 1. The topological polar surface area (TPSA) is 49.2 Å². The van der Waals surface area contributed by atoms with Crippen molar-refractivity contribution < 1.29 is 5.11 Å². The summed E-state index contributed by atoms with van der Waals surface area (Å²) in [6.45, 7) is 8.30. The minimum atomic E-state index is 0.176. The van der Waals surface area contributed by atoms with Gasteiger partial charge < -0.3 is 10.0 Å². The van der Waals surface area contributed by atoms with Gasteiger partial charge in [0, 0.05) is 25.0 Å². The van der Waals surface area contributed by atoms with E-state index >= 15 is 0 Å². The molecule has 136 valence electrons. The van der Waals surface area contributed by atoms with Crippen molar-refractivity contribution >= 4 is 17.8 Å². The van der Waals surface area contributed by atoms with Crippen LogP contribution in [0.3, 0.4) is 0 Å². The van der Waals surface area contributed by atoms with Gasteiger partial charge in [-0.3, -0.25) is 0 Å². The predicted molar refractivity (Wildman–Crippen MR) is 108 cm³/mol. The molecule has 0 unspecified atom stereocenters. The summed E-state index contributed by atoms with van der Waals surface area (Å²) in [7, 11) is 0. The van der Waals surface area contributed by atoms with Crippen molar-refractivity contribution in [1.82, 2.24) is 9.97 Å². The third-order valence-electron chi connectivity index (χ3n) is 3.67. The first-order valence-electron chi connectivity index (χ1n) is 9.15. The highest BCUT2D eigenvalue weighted by Gasteiger charge is 2.03. The van der Waals surface area contributed by atoms with E-state index < -0.39 is 0 Å². The lowest BCUT2D eigenvalue weighted by Crippen LogP contribution is -2.27. The van der Waals surface area contributed by atoms with Gasteiger partial charge in [-0.15, -0.1) is 0 Å². The van der Waals surface area contributed by atoms with E-state index in [1.165, 1.54) is 12.8 Å². The van der Waals surface area contributed by atoms with Crippen LogP contribution < -0.4 is 4.90 Å². The summed E-state index contributed by atoms with van der Waals surface area (Å²) in [5.41, 5.74) is 3.16. The molecular weight excluding hydrogens is 310 g/mol. The monoisotopic (exact) mass is 341 g/mol. The average Bonchev–Trinajstić information content (AvgIpc) is 2.68. The first-order chi connectivity index (χ1) is 12.2. The van der Waals surface area contributed by atoms with E-state index in [1.807, 2.05) is 18.2 Å². The van der Waals surface area contributed by atoms with Crippen molar-refractivity contribution in [1.29, 1.82) is 0 Å². The van der Waals surface area contributed by atoms with Crippen LogP contribution in [-0.4, -0.2) is 34.8 Å². The van der Waals surface area contributed by atoms with E-state index in [0.29, 0.717) is 6.54 Å². The Kier molecular flexibility index (Phi) is 10.9. The second kappa shape index (κ2) is 13.1. The van der Waals surface area contributed by atoms with Crippen molar-refractivity contribution in [3.05, 3.63) is 54.1 Å². The lowest BCUT2D eigenvalue weighted by molar-refractivity contribution is 0.302. The Balaban J connectivity index is 0.000000705. The molecule has 4 nitrogen and oxygen atoms in total. The van der Waals surface area contributed by atoms with Crippen LogP contribution in [0.25, 0.3) is 12.2 Å². The number of hydrogen-bond donors (Lipinski definition) is 1. The molecule has 1 aromatic carbocycles. The van der Waals surface area contributed by atoms with E-state index in [0.717, 1.165) is 29.9 Å². The van der Waals surface area contributed by atoms with Crippen LogP contribution in [0.5, 0.6) is 0 Å². The normalized spacial score (nSPS) is 10.4. The van der Waals surface area contributed by atoms with Gasteiger partial charge in [0.1, 0.15) is 6.33 Å². The molecular formula is C21H31N3O. The highest BCUT2D eigenvalue weighted by atomic mass is 16.3. The maximum absolute atomic E-state index is 9.12. The minimum absolute atomic E-state index is 0.176. The molecule has 1 N–H and O–H groups in total. The molecule has 0 amide bonds. The third kappa shape index (κ3) is 8.45. The van der Waals surface area contributed by atoms with Gasteiger partial charge in [-0.05, 0) is 36.3 Å². The quantitative estimate of drug-likeness (QED) is 0.758. The Morgan fingerprint density at radius 2 is 1.64 bits per heavy atom. The number of aliphatic hydroxyl groups is 1. The highest BCUT2D eigenvalue weighted by Crippen LogP contribution is 2.16. The maximum Gasteiger partial charge on any atom is 0.115 e. The maximum atomic E-state index is 9.12. The molecule has 25 heavy (non-hydrogen) atoms. The molecule has 0 aliphatic rings. The molecule has 1 heterocycles. The molecule has 0 aliphatic heterocycles. The van der Waals surface area contributed by atoms with Crippen molar-refractivity contribution in [3.8, 4) is 0 Å². The van der Waals surface area contributed by atoms with Crippen LogP contribution in [0.4, 0.5) is 5.69 Å². The van der Waals surface area contributed by atoms with E-state index in [1.54, 1.807) is 12.5 Å². The zero-order valence-electron chi connectivity index (χ0n) is 15.7. The number of nitrogens with zero attached hydrogens (tertiary/aromatic N) is 3. The zero-order chi connectivity index (χ0) is 18.3. The number of anilines is 1. The Hall–Kier alpha value is -2.20. The number of rotatable bonds is 8. The number of unbranched alkanes of at least 4 members (excludes halogenated alkanes) is 1. The second-order valence-electron chi connectivity index (χ2n) is 5.77. The molecule has 0 saturated heterocycles. The minimum Gasteiger partial charge on any atom is -0.395 e. The standard InChI is InChI=1S/C17H21N3O.C4H10/c1-2-11-20(12-13-21)17-7-4-15(5-8-17)3-6-16-9-10-18-14-19-16;1-3-4-2/h3-10,14,21H,2,11-13H2,1H3;3-4H2,1-2H3/b6-3+;. The van der Waals surface area contributed by atoms with Gasteiger partial charge in [0.05, 0.1) is 12.3 Å². The van der Waals surface area contributed by atoms with Gasteiger partial charge in [-0.25, -0.2) is 9.97 Å². The highest BCUT2D eigenvalue weighted by molar-refractivity contribution is 5.68. The van der Waals surface area contributed by atoms with E-state index in [4.69, 9.17) is 5.11 Å². The predicted octanol–water partition coefficient (Wildman–Crippen LogP) is 4.66. The summed E-state index contributed by atoms with van der Waals surface area (Å²) < 4.78 is 0. The van der Waals surface area contributed by atoms with Crippen LogP contribution >= 0.6 is 0 Å². The van der Waals surface area contributed by atoms with Crippen LogP contribution in [0.1, 0.15) is 51.3 Å².